The number of nitriles is 1. The Labute approximate surface area is 101 Å². The molecule has 6 heteroatoms. The first kappa shape index (κ1) is 10.9. The fraction of sp³-hybridized carbons (Fsp3) is 0.100. The van der Waals surface area contributed by atoms with Crippen LogP contribution in [0.4, 0.5) is 0 Å². The molecule has 1 aromatic heterocycles. The van der Waals surface area contributed by atoms with Crippen molar-refractivity contribution >= 4 is 22.9 Å². The van der Waals surface area contributed by atoms with Crippen LogP contribution in [0, 0.1) is 11.3 Å². The summed E-state index contributed by atoms with van der Waals surface area (Å²) in [6.45, 7) is 0.267. The highest BCUT2D eigenvalue weighted by atomic mass is 35.5. The van der Waals surface area contributed by atoms with E-state index in [1.165, 1.54) is 11.3 Å². The number of rotatable bonds is 3. The van der Waals surface area contributed by atoms with Crippen LogP contribution in [0.5, 0.6) is 5.75 Å². The molecule has 0 bridgehead atoms. The lowest BCUT2D eigenvalue weighted by atomic mass is 10.2. The Balaban J connectivity index is 2.08. The first-order chi connectivity index (χ1) is 7.79. The fourth-order valence-corrected chi connectivity index (χ4v) is 1.90. The van der Waals surface area contributed by atoms with E-state index >= 15 is 0 Å². The lowest BCUT2D eigenvalue weighted by molar-refractivity contribution is 0.303. The highest BCUT2D eigenvalue weighted by Gasteiger charge is 2.05. The number of aromatic nitrogens is 2. The van der Waals surface area contributed by atoms with E-state index in [-0.39, 0.29) is 6.61 Å². The van der Waals surface area contributed by atoms with E-state index in [1.807, 2.05) is 6.07 Å². The van der Waals surface area contributed by atoms with E-state index in [2.05, 4.69) is 16.3 Å². The Hall–Kier alpha value is -1.64. The van der Waals surface area contributed by atoms with E-state index in [9.17, 15) is 0 Å². The van der Waals surface area contributed by atoms with Gasteiger partial charge < -0.3 is 4.74 Å². The molecule has 0 fully saturated rings. The summed E-state index contributed by atoms with van der Waals surface area (Å²) in [7, 11) is 0. The molecule has 0 aliphatic heterocycles. The second-order valence-corrected chi connectivity index (χ2v) is 4.49. The van der Waals surface area contributed by atoms with Crippen LogP contribution in [0.3, 0.4) is 0 Å². The molecule has 0 amide bonds. The van der Waals surface area contributed by atoms with Crippen molar-refractivity contribution in [2.24, 2.45) is 0 Å². The molecule has 0 saturated carbocycles. The maximum absolute atomic E-state index is 8.84. The Bertz CT molecular complexity index is 535. The Morgan fingerprint density at radius 3 is 2.88 bits per heavy atom. The van der Waals surface area contributed by atoms with Crippen molar-refractivity contribution < 1.29 is 4.74 Å². The van der Waals surface area contributed by atoms with E-state index in [0.29, 0.717) is 20.8 Å². The van der Waals surface area contributed by atoms with Gasteiger partial charge in [-0.3, -0.25) is 0 Å². The summed E-state index contributed by atoms with van der Waals surface area (Å²) in [6.07, 6.45) is 0. The van der Waals surface area contributed by atoms with Crippen LogP contribution >= 0.6 is 22.9 Å². The lowest BCUT2D eigenvalue weighted by Crippen LogP contribution is -1.96. The van der Waals surface area contributed by atoms with Crippen molar-refractivity contribution in [2.45, 2.75) is 6.61 Å². The Kier molecular flexibility index (Phi) is 3.34. The number of hydrogen-bond acceptors (Lipinski definition) is 5. The minimum absolute atomic E-state index is 0.267. The van der Waals surface area contributed by atoms with Crippen LogP contribution in [-0.2, 0) is 6.61 Å². The number of benzene rings is 1. The molecule has 0 radical (unpaired) electrons. The van der Waals surface area contributed by atoms with Crippen molar-refractivity contribution in [2.75, 3.05) is 0 Å². The Morgan fingerprint density at radius 1 is 1.38 bits per heavy atom. The molecule has 0 N–H and O–H groups in total. The average molecular weight is 252 g/mol. The standard InChI is InChI=1S/C10H6ClN3OS/c11-10-14-13-9(16-10)6-15-8-4-2-1-3-7(8)5-12/h1-4H,6H2. The minimum atomic E-state index is 0.267. The van der Waals surface area contributed by atoms with Gasteiger partial charge in [-0.05, 0) is 23.7 Å². The van der Waals surface area contributed by atoms with Crippen molar-refractivity contribution in [1.82, 2.24) is 10.2 Å². The van der Waals surface area contributed by atoms with E-state index in [0.717, 1.165) is 0 Å². The molecule has 80 valence electrons. The normalized spacial score (nSPS) is 9.75. The number of nitrogens with zero attached hydrogens (tertiary/aromatic N) is 3. The van der Waals surface area contributed by atoms with E-state index in [4.69, 9.17) is 21.6 Å². The maximum Gasteiger partial charge on any atom is 0.207 e. The number of halogens is 1. The van der Waals surface area contributed by atoms with Gasteiger partial charge >= 0.3 is 0 Å². The molecule has 0 aliphatic carbocycles. The molecule has 0 unspecified atom stereocenters. The molecular formula is C10H6ClN3OS. The third-order valence-corrected chi connectivity index (χ3v) is 2.79. The molecule has 16 heavy (non-hydrogen) atoms. The average Bonchev–Trinajstić information content (AvgIpc) is 2.73. The fourth-order valence-electron chi connectivity index (χ4n) is 1.12. The molecule has 4 nitrogen and oxygen atoms in total. The zero-order valence-corrected chi connectivity index (χ0v) is 9.63. The van der Waals surface area contributed by atoms with Crippen LogP contribution in [0.15, 0.2) is 24.3 Å². The van der Waals surface area contributed by atoms with Crippen molar-refractivity contribution in [3.05, 3.63) is 39.3 Å². The summed E-state index contributed by atoms with van der Waals surface area (Å²) < 4.78 is 5.84. The van der Waals surface area contributed by atoms with Crippen LogP contribution in [-0.4, -0.2) is 10.2 Å². The van der Waals surface area contributed by atoms with Gasteiger partial charge in [0.25, 0.3) is 0 Å². The van der Waals surface area contributed by atoms with Crippen LogP contribution in [0.1, 0.15) is 10.6 Å². The van der Waals surface area contributed by atoms with Crippen molar-refractivity contribution in [3.63, 3.8) is 0 Å². The molecule has 1 heterocycles. The van der Waals surface area contributed by atoms with Gasteiger partial charge in [-0.2, -0.15) is 5.26 Å². The number of para-hydroxylation sites is 1. The molecule has 0 aliphatic rings. The first-order valence-corrected chi connectivity index (χ1v) is 5.59. The highest BCUT2D eigenvalue weighted by Crippen LogP contribution is 2.20. The van der Waals surface area contributed by atoms with Crippen molar-refractivity contribution in [3.8, 4) is 11.8 Å². The van der Waals surface area contributed by atoms with Gasteiger partial charge in [0.15, 0.2) is 5.01 Å². The van der Waals surface area contributed by atoms with Crippen LogP contribution in [0.2, 0.25) is 4.47 Å². The highest BCUT2D eigenvalue weighted by molar-refractivity contribution is 7.15. The smallest absolute Gasteiger partial charge is 0.207 e. The van der Waals surface area contributed by atoms with Gasteiger partial charge in [-0.15, -0.1) is 10.2 Å². The number of ether oxygens (including phenoxy) is 1. The van der Waals surface area contributed by atoms with Crippen LogP contribution in [0.25, 0.3) is 0 Å². The quantitative estimate of drug-likeness (QED) is 0.841. The van der Waals surface area contributed by atoms with Gasteiger partial charge in [-0.1, -0.05) is 23.5 Å². The van der Waals surface area contributed by atoms with Gasteiger partial charge in [-0.25, -0.2) is 0 Å². The molecule has 2 rings (SSSR count). The second-order valence-electron chi connectivity index (χ2n) is 2.85. The summed E-state index contributed by atoms with van der Waals surface area (Å²) in [6, 6.07) is 9.08. The molecule has 1 aromatic carbocycles. The molecule has 0 spiro atoms. The van der Waals surface area contributed by atoms with E-state index in [1.54, 1.807) is 18.2 Å². The molecule has 0 saturated heterocycles. The monoisotopic (exact) mass is 251 g/mol. The van der Waals surface area contributed by atoms with Gasteiger partial charge in [0.05, 0.1) is 5.56 Å². The third-order valence-electron chi connectivity index (χ3n) is 1.80. The predicted molar refractivity (Wildman–Crippen MR) is 60.4 cm³/mol. The topological polar surface area (TPSA) is 58.8 Å². The molecule has 0 atom stereocenters. The summed E-state index contributed by atoms with van der Waals surface area (Å²) in [5, 5.41) is 17.0. The van der Waals surface area contributed by atoms with Gasteiger partial charge in [0.1, 0.15) is 18.4 Å². The second kappa shape index (κ2) is 4.92. The lowest BCUT2D eigenvalue weighted by Gasteiger charge is -2.04. The number of hydrogen-bond donors (Lipinski definition) is 0. The molecule has 2 aromatic rings. The zero-order valence-electron chi connectivity index (χ0n) is 8.05. The Morgan fingerprint density at radius 2 is 2.19 bits per heavy atom. The van der Waals surface area contributed by atoms with Gasteiger partial charge in [0.2, 0.25) is 4.47 Å². The van der Waals surface area contributed by atoms with Gasteiger partial charge in [0, 0.05) is 0 Å². The maximum atomic E-state index is 8.84. The summed E-state index contributed by atoms with van der Waals surface area (Å²) in [5.74, 6) is 0.538. The SMILES string of the molecule is N#Cc1ccccc1OCc1nnc(Cl)s1. The zero-order chi connectivity index (χ0) is 11.4. The van der Waals surface area contributed by atoms with E-state index < -0.39 is 0 Å². The largest absolute Gasteiger partial charge is 0.485 e. The summed E-state index contributed by atoms with van der Waals surface area (Å²) >= 11 is 6.89. The molecular weight excluding hydrogens is 246 g/mol. The van der Waals surface area contributed by atoms with Crippen molar-refractivity contribution in [1.29, 1.82) is 5.26 Å². The first-order valence-electron chi connectivity index (χ1n) is 4.39. The summed E-state index contributed by atoms with van der Waals surface area (Å²) in [4.78, 5) is 0. The van der Waals surface area contributed by atoms with Crippen LogP contribution < -0.4 is 4.74 Å². The predicted octanol–water partition coefficient (Wildman–Crippen LogP) is 2.64. The summed E-state index contributed by atoms with van der Waals surface area (Å²) in [5.41, 5.74) is 0.498. The minimum Gasteiger partial charge on any atom is -0.485 e. The third kappa shape index (κ3) is 2.48.